The molecule has 0 aliphatic carbocycles. The first-order valence-corrected chi connectivity index (χ1v) is 13.6. The molecule has 42 heavy (non-hydrogen) atoms. The van der Waals surface area contributed by atoms with Crippen molar-refractivity contribution in [1.29, 1.82) is 0 Å². The van der Waals surface area contributed by atoms with Crippen LogP contribution in [-0.4, -0.2) is 77.2 Å². The number of aromatic nitrogens is 4. The summed E-state index contributed by atoms with van der Waals surface area (Å²) >= 11 is 0. The molecule has 0 spiro atoms. The van der Waals surface area contributed by atoms with E-state index >= 15 is 4.39 Å². The first-order chi connectivity index (χ1) is 19.7. The first-order valence-electron chi connectivity index (χ1n) is 13.6. The molecule has 2 aromatic heterocycles. The summed E-state index contributed by atoms with van der Waals surface area (Å²) in [6.45, 7) is 7.79. The van der Waals surface area contributed by atoms with Crippen molar-refractivity contribution < 1.29 is 13.7 Å². The van der Waals surface area contributed by atoms with Gasteiger partial charge < -0.3 is 4.74 Å². The monoisotopic (exact) mass is 594 g/mol. The fourth-order valence-corrected chi connectivity index (χ4v) is 4.90. The van der Waals surface area contributed by atoms with Crippen LogP contribution in [0.3, 0.4) is 0 Å². The van der Waals surface area contributed by atoms with Gasteiger partial charge in [-0.3, -0.25) is 18.9 Å². The Balaban J connectivity index is 0.00000405. The summed E-state index contributed by atoms with van der Waals surface area (Å²) in [7, 11) is 0. The van der Waals surface area contributed by atoms with Crippen LogP contribution in [0.4, 0.5) is 4.39 Å². The molecule has 212 valence electrons. The zero-order chi connectivity index (χ0) is 29.1. The number of benzene rings is 3. The summed E-state index contributed by atoms with van der Waals surface area (Å²) in [5, 5.41) is 3.77. The summed E-state index contributed by atoms with van der Waals surface area (Å²) in [5.41, 5.74) is 3.85. The van der Waals surface area contributed by atoms with Crippen molar-refractivity contribution in [3.8, 4) is 39.4 Å². The molecule has 10 heteroatoms. The van der Waals surface area contributed by atoms with E-state index in [0.717, 1.165) is 17.7 Å². The van der Waals surface area contributed by atoms with Crippen LogP contribution in [0, 0.1) is 12.7 Å². The predicted molar refractivity (Wildman–Crippen MR) is 163 cm³/mol. The molecule has 0 bridgehead atoms. The zero-order valence-corrected chi connectivity index (χ0v) is 23.4. The van der Waals surface area contributed by atoms with Crippen molar-refractivity contribution >= 4 is 51.4 Å². The van der Waals surface area contributed by atoms with Crippen molar-refractivity contribution in [3.05, 3.63) is 111 Å². The number of ether oxygens (including phenoxy) is 1. The summed E-state index contributed by atoms with van der Waals surface area (Å²) in [5.74, 6) is 0.458. The summed E-state index contributed by atoms with van der Waals surface area (Å²) in [4.78, 5) is 32.7. The second kappa shape index (κ2) is 13.9. The van der Waals surface area contributed by atoms with Gasteiger partial charge in [-0.05, 0) is 62.1 Å². The van der Waals surface area contributed by atoms with Gasteiger partial charge in [-0.2, -0.15) is 0 Å². The van der Waals surface area contributed by atoms with Gasteiger partial charge in [0.2, 0.25) is 0 Å². The van der Waals surface area contributed by atoms with Crippen molar-refractivity contribution in [2.24, 2.45) is 0 Å². The van der Waals surface area contributed by atoms with Crippen LogP contribution >= 0.6 is 0 Å². The standard InChI is InChI=1S/C32H31FN4O4.K.H/c1-5-8-28-34-20(4)29(21-13-15-24(16-14-21)40-19(2)3)31(38)37(28)18-23-12-11-22(17-27(23)33)25-9-6-7-10-26(25)30-35-32(39)41-36-30;;/h6-7,9-17,19H,5,8,18H2,1-4H3,(H,35,36,39);;. The topological polar surface area (TPSA) is 103 Å². The third-order valence-electron chi connectivity index (χ3n) is 6.73. The maximum atomic E-state index is 15.6. The minimum atomic E-state index is -0.671. The van der Waals surface area contributed by atoms with E-state index in [1.165, 1.54) is 6.07 Å². The van der Waals surface area contributed by atoms with Crippen molar-refractivity contribution in [1.82, 2.24) is 19.7 Å². The Kier molecular flexibility index (Phi) is 10.5. The number of hydrogen-bond donors (Lipinski definition) is 1. The molecule has 0 radical (unpaired) electrons. The van der Waals surface area contributed by atoms with E-state index in [-0.39, 0.29) is 75.4 Å². The molecule has 0 aliphatic heterocycles. The maximum absolute atomic E-state index is 15.6. The number of nitrogens with one attached hydrogen (secondary N) is 1. The van der Waals surface area contributed by atoms with Crippen LogP contribution in [-0.2, 0) is 13.0 Å². The normalized spacial score (nSPS) is 11.0. The van der Waals surface area contributed by atoms with Gasteiger partial charge in [0.1, 0.15) is 17.4 Å². The van der Waals surface area contributed by atoms with Gasteiger partial charge in [-0.15, -0.1) is 0 Å². The number of nitrogens with zero attached hydrogens (tertiary/aromatic N) is 3. The molecule has 0 aliphatic rings. The number of aryl methyl sites for hydroxylation is 2. The number of aromatic amines is 1. The predicted octanol–water partition coefficient (Wildman–Crippen LogP) is 5.51. The Morgan fingerprint density at radius 3 is 2.31 bits per heavy atom. The Bertz CT molecular complexity index is 1810. The van der Waals surface area contributed by atoms with Gasteiger partial charge in [0.05, 0.1) is 23.9 Å². The number of H-pyrrole nitrogens is 1. The average Bonchev–Trinajstić information content (AvgIpc) is 3.38. The third kappa shape index (κ3) is 6.90. The summed E-state index contributed by atoms with van der Waals surface area (Å²) < 4.78 is 27.6. The SMILES string of the molecule is CCCc1nc(C)c(-c2ccc(OC(C)C)cc2)c(=O)n1Cc1ccc(-c2ccccc2-c2noc(=O)[nH]2)cc1F.[KH]. The van der Waals surface area contributed by atoms with Crippen molar-refractivity contribution in [3.63, 3.8) is 0 Å². The molecule has 5 rings (SSSR count). The van der Waals surface area contributed by atoms with Crippen LogP contribution in [0.1, 0.15) is 44.3 Å². The molecule has 0 atom stereocenters. The Morgan fingerprint density at radius 2 is 1.69 bits per heavy atom. The van der Waals surface area contributed by atoms with E-state index in [4.69, 9.17) is 9.72 Å². The molecule has 0 fully saturated rings. The second-order valence-electron chi connectivity index (χ2n) is 10.1. The van der Waals surface area contributed by atoms with E-state index in [9.17, 15) is 9.59 Å². The fraction of sp³-hybridized carbons (Fsp3) is 0.250. The molecule has 0 saturated heterocycles. The van der Waals surface area contributed by atoms with Gasteiger partial charge in [-0.25, -0.2) is 14.2 Å². The van der Waals surface area contributed by atoms with Crippen LogP contribution in [0.2, 0.25) is 0 Å². The molecule has 5 aromatic rings. The van der Waals surface area contributed by atoms with Crippen molar-refractivity contribution in [2.45, 2.75) is 53.2 Å². The van der Waals surface area contributed by atoms with Gasteiger partial charge in [-0.1, -0.05) is 60.6 Å². The van der Waals surface area contributed by atoms with Gasteiger partial charge in [0, 0.05) is 17.5 Å². The third-order valence-corrected chi connectivity index (χ3v) is 6.73. The molecule has 2 heterocycles. The van der Waals surface area contributed by atoms with Gasteiger partial charge in [0.15, 0.2) is 5.82 Å². The van der Waals surface area contributed by atoms with E-state index < -0.39 is 11.6 Å². The van der Waals surface area contributed by atoms with Gasteiger partial charge >= 0.3 is 57.1 Å². The number of halogens is 1. The summed E-state index contributed by atoms with van der Waals surface area (Å²) in [6, 6.07) is 19.5. The molecule has 0 amide bonds. The fourth-order valence-electron chi connectivity index (χ4n) is 4.90. The second-order valence-corrected chi connectivity index (χ2v) is 10.1. The minimum absolute atomic E-state index is 0. The Morgan fingerprint density at radius 1 is 1.00 bits per heavy atom. The Labute approximate surface area is 285 Å². The molecule has 8 nitrogen and oxygen atoms in total. The zero-order valence-electron chi connectivity index (χ0n) is 23.4. The van der Waals surface area contributed by atoms with Crippen LogP contribution in [0.5, 0.6) is 5.75 Å². The van der Waals surface area contributed by atoms with Crippen LogP contribution in [0.25, 0.3) is 33.6 Å². The average molecular weight is 595 g/mol. The summed E-state index contributed by atoms with van der Waals surface area (Å²) in [6.07, 6.45) is 1.41. The van der Waals surface area contributed by atoms with Crippen LogP contribution < -0.4 is 16.1 Å². The molecule has 0 unspecified atom stereocenters. The number of rotatable bonds is 9. The van der Waals surface area contributed by atoms with Gasteiger partial charge in [0.25, 0.3) is 5.56 Å². The molecule has 3 aromatic carbocycles. The molecule has 0 saturated carbocycles. The first kappa shape index (κ1) is 31.8. The molecular formula is C32H32FKN4O4. The van der Waals surface area contributed by atoms with Crippen molar-refractivity contribution in [2.75, 3.05) is 0 Å². The van der Waals surface area contributed by atoms with E-state index in [1.54, 1.807) is 28.8 Å². The van der Waals surface area contributed by atoms with E-state index in [1.807, 2.05) is 64.1 Å². The Hall–Kier alpha value is -3.15. The van der Waals surface area contributed by atoms with E-state index in [0.29, 0.717) is 45.8 Å². The van der Waals surface area contributed by atoms with Crippen LogP contribution in [0.15, 0.2) is 80.8 Å². The number of hydrogen-bond acceptors (Lipinski definition) is 6. The quantitative estimate of drug-likeness (QED) is 0.226. The van der Waals surface area contributed by atoms with E-state index in [2.05, 4.69) is 14.7 Å². The molecular weight excluding hydrogens is 562 g/mol. The molecule has 1 N–H and O–H groups in total.